The number of hydrogen-bond donors (Lipinski definition) is 1. The number of fused-ring (bicyclic) bond motifs is 1. The summed E-state index contributed by atoms with van der Waals surface area (Å²) in [4.78, 5) is 25.5. The zero-order chi connectivity index (χ0) is 18.0. The van der Waals surface area contributed by atoms with E-state index in [4.69, 9.17) is 23.4 Å². The number of ether oxygens (including phenoxy) is 3. The van der Waals surface area contributed by atoms with Crippen LogP contribution in [0.4, 0.5) is 0 Å². The second-order valence-electron chi connectivity index (χ2n) is 5.59. The molecule has 2 aliphatic rings. The first-order valence-electron chi connectivity index (χ1n) is 8.28. The van der Waals surface area contributed by atoms with E-state index in [-0.39, 0.29) is 38.7 Å². The van der Waals surface area contributed by atoms with Crippen LogP contribution in [0.2, 0.25) is 0 Å². The molecule has 1 N–H and O–H groups in total. The van der Waals surface area contributed by atoms with Crippen molar-refractivity contribution in [1.82, 2.24) is 4.90 Å². The lowest BCUT2D eigenvalue weighted by molar-refractivity contribution is -0.117. The van der Waals surface area contributed by atoms with Gasteiger partial charge in [-0.1, -0.05) is 12.1 Å². The van der Waals surface area contributed by atoms with Gasteiger partial charge in [-0.05, 0) is 19.0 Å². The van der Waals surface area contributed by atoms with Gasteiger partial charge < -0.3 is 19.3 Å². The maximum Gasteiger partial charge on any atom is 0.261 e. The number of benzene rings is 1. The van der Waals surface area contributed by atoms with Gasteiger partial charge in [0.25, 0.3) is 11.8 Å². The van der Waals surface area contributed by atoms with E-state index < -0.39 is 24.3 Å². The number of rotatable bonds is 6. The van der Waals surface area contributed by atoms with Gasteiger partial charge in [0, 0.05) is 7.37 Å². The lowest BCUT2D eigenvalue weighted by atomic mass is 9.93. The molecular weight excluding hydrogens is 313 g/mol. The predicted octanol–water partition coefficient (Wildman–Crippen LogP) is -0.0839. The molecule has 2 amide bonds. The van der Waals surface area contributed by atoms with Crippen LogP contribution in [0, 0.1) is 0 Å². The van der Waals surface area contributed by atoms with Gasteiger partial charge in [0.05, 0.1) is 30.4 Å². The van der Waals surface area contributed by atoms with Crippen LogP contribution in [0.1, 0.15) is 29.0 Å². The molecule has 7 nitrogen and oxygen atoms in total. The number of carbonyl (C=O) groups excluding carboxylic acids is 2. The number of amides is 2. The molecule has 126 valence electrons. The van der Waals surface area contributed by atoms with Crippen molar-refractivity contribution in [2.75, 3.05) is 19.9 Å². The van der Waals surface area contributed by atoms with Crippen molar-refractivity contribution in [3.63, 3.8) is 0 Å². The minimum absolute atomic E-state index is 0.0895. The van der Waals surface area contributed by atoms with Crippen molar-refractivity contribution in [3.8, 4) is 0 Å². The zero-order valence-electron chi connectivity index (χ0n) is 14.0. The van der Waals surface area contributed by atoms with Gasteiger partial charge in [-0.15, -0.1) is 0 Å². The van der Waals surface area contributed by atoms with Crippen LogP contribution >= 0.6 is 0 Å². The molecule has 1 aromatic rings. The van der Waals surface area contributed by atoms with E-state index >= 15 is 0 Å². The molecule has 0 bridgehead atoms. The standard InChI is InChI=1S/C16H18BNO6/c1-9-12(19)13(14(17)24-9)23-8-22-7-6-18-15(20)10-4-2-3-5-11(10)16(18)21/h2-5,9,12-14,19H,6-8H2,1H3/t9-,12+,13?,14-/m1/s1/i1D. The Morgan fingerprint density at radius 2 is 2.00 bits per heavy atom. The molecule has 1 fully saturated rings. The van der Waals surface area contributed by atoms with Gasteiger partial charge in [0.15, 0.2) is 0 Å². The quantitative estimate of drug-likeness (QED) is 0.339. The Kier molecular flexibility index (Phi) is 4.61. The molecule has 8 heteroatoms. The van der Waals surface area contributed by atoms with Gasteiger partial charge in [-0.25, -0.2) is 0 Å². The third kappa shape index (κ3) is 3.10. The lowest BCUT2D eigenvalue weighted by Crippen LogP contribution is -2.36. The summed E-state index contributed by atoms with van der Waals surface area (Å²) >= 11 is 0. The lowest BCUT2D eigenvalue weighted by Gasteiger charge is -2.19. The summed E-state index contributed by atoms with van der Waals surface area (Å²) in [6.07, 6.45) is -2.46. The molecule has 24 heavy (non-hydrogen) atoms. The maximum atomic E-state index is 12.2. The number of carbonyl (C=O) groups is 2. The highest BCUT2D eigenvalue weighted by molar-refractivity contribution is 6.21. The van der Waals surface area contributed by atoms with Gasteiger partial charge in [-0.3, -0.25) is 14.5 Å². The van der Waals surface area contributed by atoms with Crippen molar-refractivity contribution < 1.29 is 30.3 Å². The summed E-state index contributed by atoms with van der Waals surface area (Å²) in [7, 11) is 5.69. The highest BCUT2D eigenvalue weighted by Crippen LogP contribution is 2.23. The highest BCUT2D eigenvalue weighted by atomic mass is 16.7. The van der Waals surface area contributed by atoms with Crippen LogP contribution in [0.5, 0.6) is 0 Å². The molecule has 1 aromatic carbocycles. The van der Waals surface area contributed by atoms with E-state index in [1.54, 1.807) is 24.3 Å². The first-order chi connectivity index (χ1) is 12.0. The number of hydrogen-bond acceptors (Lipinski definition) is 6. The number of nitrogens with zero attached hydrogens (tertiary/aromatic N) is 1. The average Bonchev–Trinajstić information content (AvgIpc) is 3.03. The average molecular weight is 332 g/mol. The second kappa shape index (κ2) is 7.02. The minimum Gasteiger partial charge on any atom is -0.388 e. The van der Waals surface area contributed by atoms with Crippen LogP contribution in [0.25, 0.3) is 0 Å². The Hall–Kier alpha value is -1.74. The normalized spacial score (nSPS) is 29.9. The Balaban J connectivity index is 1.43. The molecule has 1 unspecified atom stereocenters. The number of imide groups is 1. The third-order valence-electron chi connectivity index (χ3n) is 4.05. The molecular formula is C16H18BNO6. The van der Waals surface area contributed by atoms with Crippen LogP contribution in [-0.4, -0.2) is 73.9 Å². The summed E-state index contributed by atoms with van der Waals surface area (Å²) in [6.45, 7) is -0.102. The predicted molar refractivity (Wildman–Crippen MR) is 83.6 cm³/mol. The van der Waals surface area contributed by atoms with Gasteiger partial charge in [0.2, 0.25) is 0 Å². The fraction of sp³-hybridized carbons (Fsp3) is 0.500. The van der Waals surface area contributed by atoms with Crippen LogP contribution in [0.15, 0.2) is 24.3 Å². The van der Waals surface area contributed by atoms with Crippen molar-refractivity contribution >= 4 is 19.7 Å². The monoisotopic (exact) mass is 332 g/mol. The second-order valence-corrected chi connectivity index (χ2v) is 5.59. The number of aliphatic hydroxyl groups is 1. The van der Waals surface area contributed by atoms with Gasteiger partial charge in [0.1, 0.15) is 26.8 Å². The molecule has 2 aliphatic heterocycles. The number of aliphatic hydroxyl groups excluding tert-OH is 1. The summed E-state index contributed by atoms with van der Waals surface area (Å²) in [6, 6.07) is 5.82. The smallest absolute Gasteiger partial charge is 0.261 e. The highest BCUT2D eigenvalue weighted by Gasteiger charge is 2.39. The van der Waals surface area contributed by atoms with Crippen LogP contribution < -0.4 is 0 Å². The largest absolute Gasteiger partial charge is 0.388 e. The molecule has 2 radical (unpaired) electrons. The van der Waals surface area contributed by atoms with Crippen molar-refractivity contribution in [1.29, 1.82) is 0 Å². The van der Waals surface area contributed by atoms with Crippen molar-refractivity contribution in [3.05, 3.63) is 35.4 Å². The van der Waals surface area contributed by atoms with E-state index in [1.165, 1.54) is 0 Å². The Morgan fingerprint density at radius 1 is 1.33 bits per heavy atom. The fourth-order valence-electron chi connectivity index (χ4n) is 2.74. The van der Waals surface area contributed by atoms with Gasteiger partial charge in [-0.2, -0.15) is 0 Å². The van der Waals surface area contributed by atoms with E-state index in [2.05, 4.69) is 0 Å². The zero-order valence-corrected chi connectivity index (χ0v) is 13.0. The molecule has 4 atom stereocenters. The molecule has 3 rings (SSSR count). The molecule has 0 saturated carbocycles. The Bertz CT molecular complexity index is 624. The van der Waals surface area contributed by atoms with E-state index in [0.717, 1.165) is 4.90 Å². The topological polar surface area (TPSA) is 85.3 Å². The SMILES string of the molecule is [2H]C[C@H]1O[C@@H]([B])C(OCOCCN2C(=O)c3ccccc3C2=O)[C@H]1O. The summed E-state index contributed by atoms with van der Waals surface area (Å²) in [5.74, 6) is -0.685. The Labute approximate surface area is 142 Å². The van der Waals surface area contributed by atoms with Gasteiger partial charge >= 0.3 is 0 Å². The van der Waals surface area contributed by atoms with E-state index in [9.17, 15) is 14.7 Å². The molecule has 0 spiro atoms. The van der Waals surface area contributed by atoms with E-state index in [0.29, 0.717) is 11.1 Å². The molecule has 1 saturated heterocycles. The van der Waals surface area contributed by atoms with Crippen LogP contribution in [-0.2, 0) is 14.2 Å². The first-order valence-corrected chi connectivity index (χ1v) is 7.57. The fourth-order valence-corrected chi connectivity index (χ4v) is 2.74. The summed E-state index contributed by atoms with van der Waals surface area (Å²) in [5, 5.41) is 9.91. The maximum absolute atomic E-state index is 12.2. The molecule has 0 aliphatic carbocycles. The summed E-state index contributed by atoms with van der Waals surface area (Å²) in [5.41, 5.74) is 0.782. The van der Waals surface area contributed by atoms with Crippen molar-refractivity contribution in [2.45, 2.75) is 31.2 Å². The minimum atomic E-state index is -0.993. The van der Waals surface area contributed by atoms with E-state index in [1.807, 2.05) is 0 Å². The third-order valence-corrected chi connectivity index (χ3v) is 4.05. The Morgan fingerprint density at radius 3 is 2.58 bits per heavy atom. The first kappa shape index (κ1) is 15.8. The molecule has 2 heterocycles. The van der Waals surface area contributed by atoms with Crippen LogP contribution in [0.3, 0.4) is 0 Å². The summed E-state index contributed by atoms with van der Waals surface area (Å²) < 4.78 is 23.1. The molecule has 0 aromatic heterocycles. The van der Waals surface area contributed by atoms with Crippen molar-refractivity contribution in [2.24, 2.45) is 0 Å².